The van der Waals surface area contributed by atoms with Crippen LogP contribution in [0, 0.1) is 5.82 Å². The number of benzene rings is 1. The van der Waals surface area contributed by atoms with Crippen LogP contribution in [0.2, 0.25) is 0 Å². The summed E-state index contributed by atoms with van der Waals surface area (Å²) in [7, 11) is 1.46. The number of hydrogen-bond donors (Lipinski definition) is 0. The van der Waals surface area contributed by atoms with E-state index in [9.17, 15) is 9.18 Å². The molecule has 1 rings (SSSR count). The summed E-state index contributed by atoms with van der Waals surface area (Å²) in [4.78, 5) is 10.6. The minimum atomic E-state index is -0.448. The predicted molar refractivity (Wildman–Crippen MR) is 47.7 cm³/mol. The average Bonchev–Trinajstić information content (AvgIpc) is 2.16. The molecule has 0 saturated carbocycles. The number of rotatable bonds is 3. The Hall–Kier alpha value is -1.38. The predicted octanol–water partition coefficient (Wildman–Crippen LogP) is 2.21. The minimum absolute atomic E-state index is 0.361. The van der Waals surface area contributed by atoms with E-state index in [1.54, 1.807) is 0 Å². The highest BCUT2D eigenvalue weighted by Gasteiger charge is 2.08. The maximum absolute atomic E-state index is 12.9. The van der Waals surface area contributed by atoms with Gasteiger partial charge in [-0.05, 0) is 12.5 Å². The van der Waals surface area contributed by atoms with Crippen molar-refractivity contribution in [3.63, 3.8) is 0 Å². The first kappa shape index (κ1) is 9.71. The number of aldehydes is 1. The van der Waals surface area contributed by atoms with E-state index >= 15 is 0 Å². The molecule has 0 spiro atoms. The Balaban J connectivity index is 3.33. The van der Waals surface area contributed by atoms with E-state index in [-0.39, 0.29) is 0 Å². The molecule has 0 aliphatic rings. The fourth-order valence-corrected chi connectivity index (χ4v) is 1.30. The molecule has 0 fully saturated rings. The summed E-state index contributed by atoms with van der Waals surface area (Å²) in [5.41, 5.74) is 1.11. The van der Waals surface area contributed by atoms with Crippen molar-refractivity contribution in [2.24, 2.45) is 0 Å². The number of hydrogen-bond acceptors (Lipinski definition) is 2. The number of halogens is 1. The third-order valence-corrected chi connectivity index (χ3v) is 1.91. The van der Waals surface area contributed by atoms with E-state index in [0.29, 0.717) is 24.0 Å². The lowest BCUT2D eigenvalue weighted by Crippen LogP contribution is -1.97. The molecule has 0 N–H and O–H groups in total. The average molecular weight is 182 g/mol. The van der Waals surface area contributed by atoms with Crippen LogP contribution in [-0.2, 0) is 6.42 Å². The normalized spacial score (nSPS) is 9.77. The molecular formula is C10H11FO2. The van der Waals surface area contributed by atoms with Gasteiger partial charge in [-0.1, -0.05) is 6.92 Å². The van der Waals surface area contributed by atoms with Crippen LogP contribution < -0.4 is 4.74 Å². The first-order valence-electron chi connectivity index (χ1n) is 4.04. The molecule has 0 aliphatic carbocycles. The second-order valence-corrected chi connectivity index (χ2v) is 2.65. The van der Waals surface area contributed by atoms with Gasteiger partial charge in [0, 0.05) is 17.2 Å². The first-order valence-corrected chi connectivity index (χ1v) is 4.04. The van der Waals surface area contributed by atoms with Gasteiger partial charge in [-0.3, -0.25) is 4.79 Å². The van der Waals surface area contributed by atoms with Crippen molar-refractivity contribution in [3.8, 4) is 5.75 Å². The van der Waals surface area contributed by atoms with Gasteiger partial charge in [0.2, 0.25) is 0 Å². The zero-order chi connectivity index (χ0) is 9.84. The third-order valence-electron chi connectivity index (χ3n) is 1.91. The van der Waals surface area contributed by atoms with Crippen molar-refractivity contribution < 1.29 is 13.9 Å². The zero-order valence-electron chi connectivity index (χ0n) is 7.63. The van der Waals surface area contributed by atoms with Crippen LogP contribution in [0.4, 0.5) is 4.39 Å². The Morgan fingerprint density at radius 3 is 2.69 bits per heavy atom. The molecular weight excluding hydrogens is 171 g/mol. The molecule has 0 bridgehead atoms. The topological polar surface area (TPSA) is 26.3 Å². The van der Waals surface area contributed by atoms with Gasteiger partial charge in [0.15, 0.2) is 6.29 Å². The summed E-state index contributed by atoms with van der Waals surface area (Å²) in [6.07, 6.45) is 1.29. The Morgan fingerprint density at radius 1 is 1.54 bits per heavy atom. The Kier molecular flexibility index (Phi) is 3.01. The molecule has 3 heteroatoms. The van der Waals surface area contributed by atoms with Gasteiger partial charge in [-0.25, -0.2) is 4.39 Å². The van der Waals surface area contributed by atoms with Crippen molar-refractivity contribution in [2.75, 3.05) is 7.11 Å². The fourth-order valence-electron chi connectivity index (χ4n) is 1.30. The Bertz CT molecular complexity index is 321. The number of carbonyl (C=O) groups excluding carboxylic acids is 1. The zero-order valence-corrected chi connectivity index (χ0v) is 7.63. The molecule has 1 aromatic rings. The van der Waals surface area contributed by atoms with Gasteiger partial charge in [0.05, 0.1) is 7.11 Å². The number of carbonyl (C=O) groups is 1. The molecule has 70 valence electrons. The standard InChI is InChI=1S/C10H11FO2/c1-3-9-7(6-12)4-8(11)5-10(9)13-2/h4-6H,3H2,1-2H3. The van der Waals surface area contributed by atoms with Crippen LogP contribution in [0.15, 0.2) is 12.1 Å². The van der Waals surface area contributed by atoms with Crippen LogP contribution in [0.3, 0.4) is 0 Å². The smallest absolute Gasteiger partial charge is 0.150 e. The quantitative estimate of drug-likeness (QED) is 0.670. The van der Waals surface area contributed by atoms with Crippen LogP contribution in [0.5, 0.6) is 5.75 Å². The van der Waals surface area contributed by atoms with E-state index in [0.717, 1.165) is 5.56 Å². The van der Waals surface area contributed by atoms with Gasteiger partial charge in [-0.2, -0.15) is 0 Å². The molecule has 0 unspecified atom stereocenters. The van der Waals surface area contributed by atoms with Gasteiger partial charge in [0.1, 0.15) is 11.6 Å². The summed E-state index contributed by atoms with van der Waals surface area (Å²) in [5, 5.41) is 0. The van der Waals surface area contributed by atoms with Crippen LogP contribution in [-0.4, -0.2) is 13.4 Å². The summed E-state index contributed by atoms with van der Waals surface area (Å²) < 4.78 is 17.8. The van der Waals surface area contributed by atoms with E-state index < -0.39 is 5.82 Å². The highest BCUT2D eigenvalue weighted by atomic mass is 19.1. The largest absolute Gasteiger partial charge is 0.496 e. The van der Waals surface area contributed by atoms with E-state index in [4.69, 9.17) is 4.74 Å². The SMILES string of the molecule is CCc1c(C=O)cc(F)cc1OC. The molecule has 0 atom stereocenters. The van der Waals surface area contributed by atoms with Gasteiger partial charge in [-0.15, -0.1) is 0 Å². The molecule has 2 nitrogen and oxygen atoms in total. The Morgan fingerprint density at radius 2 is 2.23 bits per heavy atom. The number of ether oxygens (including phenoxy) is 1. The van der Waals surface area contributed by atoms with Crippen molar-refractivity contribution in [3.05, 3.63) is 29.1 Å². The van der Waals surface area contributed by atoms with Gasteiger partial charge < -0.3 is 4.74 Å². The second kappa shape index (κ2) is 4.03. The molecule has 0 aromatic heterocycles. The maximum Gasteiger partial charge on any atom is 0.150 e. The lowest BCUT2D eigenvalue weighted by atomic mass is 10.0. The van der Waals surface area contributed by atoms with Crippen molar-refractivity contribution in [1.82, 2.24) is 0 Å². The van der Waals surface area contributed by atoms with Crippen molar-refractivity contribution in [1.29, 1.82) is 0 Å². The van der Waals surface area contributed by atoms with Crippen LogP contribution in [0.1, 0.15) is 22.8 Å². The molecule has 0 heterocycles. The highest BCUT2D eigenvalue weighted by Crippen LogP contribution is 2.23. The first-order chi connectivity index (χ1) is 6.22. The maximum atomic E-state index is 12.9. The summed E-state index contributed by atoms with van der Waals surface area (Å²) >= 11 is 0. The lowest BCUT2D eigenvalue weighted by molar-refractivity contribution is 0.112. The van der Waals surface area contributed by atoms with E-state index in [1.165, 1.54) is 19.2 Å². The highest BCUT2D eigenvalue weighted by molar-refractivity contribution is 5.78. The lowest BCUT2D eigenvalue weighted by Gasteiger charge is -2.08. The van der Waals surface area contributed by atoms with Crippen LogP contribution >= 0.6 is 0 Å². The van der Waals surface area contributed by atoms with Crippen LogP contribution in [0.25, 0.3) is 0 Å². The Labute approximate surface area is 76.3 Å². The molecule has 1 aromatic carbocycles. The van der Waals surface area contributed by atoms with Gasteiger partial charge in [0.25, 0.3) is 0 Å². The molecule has 0 amide bonds. The van der Waals surface area contributed by atoms with Gasteiger partial charge >= 0.3 is 0 Å². The van der Waals surface area contributed by atoms with E-state index in [1.807, 2.05) is 6.92 Å². The minimum Gasteiger partial charge on any atom is -0.496 e. The summed E-state index contributed by atoms with van der Waals surface area (Å²) in [6.45, 7) is 1.89. The van der Waals surface area contributed by atoms with E-state index in [2.05, 4.69) is 0 Å². The van der Waals surface area contributed by atoms with Crippen molar-refractivity contribution in [2.45, 2.75) is 13.3 Å². The molecule has 0 saturated heterocycles. The number of methoxy groups -OCH3 is 1. The molecule has 0 radical (unpaired) electrons. The fraction of sp³-hybridized carbons (Fsp3) is 0.300. The molecule has 13 heavy (non-hydrogen) atoms. The van der Waals surface area contributed by atoms with Crippen molar-refractivity contribution >= 4 is 6.29 Å². The second-order valence-electron chi connectivity index (χ2n) is 2.65. The summed E-state index contributed by atoms with van der Waals surface area (Å²) in [6, 6.07) is 2.50. The molecule has 0 aliphatic heterocycles. The monoisotopic (exact) mass is 182 g/mol. The third kappa shape index (κ3) is 1.86. The summed E-state index contributed by atoms with van der Waals surface area (Å²) in [5.74, 6) is -0.0132.